The van der Waals surface area contributed by atoms with Crippen molar-refractivity contribution in [2.75, 3.05) is 0 Å². The number of rotatable bonds is 2. The van der Waals surface area contributed by atoms with Gasteiger partial charge in [-0.3, -0.25) is 14.9 Å². The smallest absolute Gasteiger partial charge is 0.283 e. The molecule has 0 atom stereocenters. The van der Waals surface area contributed by atoms with Crippen LogP contribution in [0.3, 0.4) is 0 Å². The van der Waals surface area contributed by atoms with Gasteiger partial charge in [-0.15, -0.1) is 0 Å². The number of nitro benzene ring substituents is 1. The molecule has 0 unspecified atom stereocenters. The molecule has 0 aliphatic heterocycles. The lowest BCUT2D eigenvalue weighted by atomic mass is 10.1. The molecule has 0 aromatic heterocycles. The van der Waals surface area contributed by atoms with Gasteiger partial charge in [0.25, 0.3) is 11.6 Å². The summed E-state index contributed by atoms with van der Waals surface area (Å²) < 4.78 is 0.0872. The summed E-state index contributed by atoms with van der Waals surface area (Å²) in [5.74, 6) is -0.848. The van der Waals surface area contributed by atoms with Crippen LogP contribution in [-0.2, 0) is 0 Å². The van der Waals surface area contributed by atoms with Crippen molar-refractivity contribution in [1.29, 1.82) is 5.26 Å². The van der Waals surface area contributed by atoms with Crippen molar-refractivity contribution < 1.29 is 9.72 Å². The van der Waals surface area contributed by atoms with Gasteiger partial charge in [-0.2, -0.15) is 5.26 Å². The molecule has 0 aliphatic carbocycles. The number of hydrogen-bond donors (Lipinski definition) is 1. The number of amides is 1. The van der Waals surface area contributed by atoms with Crippen molar-refractivity contribution >= 4 is 34.2 Å². The molecular formula is C8H4IN3O3. The van der Waals surface area contributed by atoms with Crippen LogP contribution in [0.15, 0.2) is 12.1 Å². The normalized spacial score (nSPS) is 9.33. The van der Waals surface area contributed by atoms with Gasteiger partial charge in [0.2, 0.25) is 0 Å². The Bertz CT molecular complexity index is 493. The first-order chi connectivity index (χ1) is 6.99. The van der Waals surface area contributed by atoms with Crippen LogP contribution < -0.4 is 5.73 Å². The minimum absolute atomic E-state index is 0.0394. The second-order valence-corrected chi connectivity index (χ2v) is 3.63. The largest absolute Gasteiger partial charge is 0.366 e. The van der Waals surface area contributed by atoms with Crippen LogP contribution in [0.1, 0.15) is 15.9 Å². The highest BCUT2D eigenvalue weighted by Gasteiger charge is 2.21. The lowest BCUT2D eigenvalue weighted by Crippen LogP contribution is -2.15. The van der Waals surface area contributed by atoms with Crippen LogP contribution in [-0.4, -0.2) is 10.8 Å². The van der Waals surface area contributed by atoms with Gasteiger partial charge in [0.15, 0.2) is 0 Å². The summed E-state index contributed by atoms with van der Waals surface area (Å²) in [4.78, 5) is 21.0. The van der Waals surface area contributed by atoms with E-state index in [0.717, 1.165) is 0 Å². The van der Waals surface area contributed by atoms with Crippen LogP contribution in [0.4, 0.5) is 5.69 Å². The molecule has 0 bridgehead atoms. The fourth-order valence-electron chi connectivity index (χ4n) is 1.04. The second-order valence-electron chi connectivity index (χ2n) is 2.55. The van der Waals surface area contributed by atoms with Gasteiger partial charge in [-0.25, -0.2) is 0 Å². The van der Waals surface area contributed by atoms with Gasteiger partial charge in [-0.05, 0) is 28.7 Å². The molecule has 6 nitrogen and oxygen atoms in total. The van der Waals surface area contributed by atoms with Crippen LogP contribution in [0.2, 0.25) is 0 Å². The second kappa shape index (κ2) is 4.22. The fourth-order valence-corrected chi connectivity index (χ4v) is 1.97. The third-order valence-electron chi connectivity index (χ3n) is 1.69. The van der Waals surface area contributed by atoms with Gasteiger partial charge in [0.1, 0.15) is 9.64 Å². The van der Waals surface area contributed by atoms with Gasteiger partial charge >= 0.3 is 0 Å². The van der Waals surface area contributed by atoms with E-state index in [4.69, 9.17) is 11.0 Å². The van der Waals surface area contributed by atoms with Crippen molar-refractivity contribution in [3.63, 3.8) is 0 Å². The zero-order chi connectivity index (χ0) is 11.6. The number of hydrogen-bond acceptors (Lipinski definition) is 4. The number of carbonyl (C=O) groups is 1. The van der Waals surface area contributed by atoms with E-state index >= 15 is 0 Å². The van der Waals surface area contributed by atoms with Gasteiger partial charge in [0, 0.05) is 6.07 Å². The van der Waals surface area contributed by atoms with Crippen LogP contribution in [0.5, 0.6) is 0 Å². The number of nitro groups is 1. The molecule has 76 valence electrons. The monoisotopic (exact) mass is 317 g/mol. The molecule has 0 saturated carbocycles. The van der Waals surface area contributed by atoms with Crippen molar-refractivity contribution in [3.8, 4) is 6.07 Å². The molecule has 1 aromatic carbocycles. The minimum atomic E-state index is -0.848. The van der Waals surface area contributed by atoms with E-state index in [2.05, 4.69) is 0 Å². The maximum atomic E-state index is 11.0. The Morgan fingerprint density at radius 3 is 2.60 bits per heavy atom. The van der Waals surface area contributed by atoms with E-state index in [0.29, 0.717) is 0 Å². The summed E-state index contributed by atoms with van der Waals surface area (Å²) in [6.45, 7) is 0. The zero-order valence-electron chi connectivity index (χ0n) is 7.23. The summed E-state index contributed by atoms with van der Waals surface area (Å²) in [5.41, 5.74) is 4.74. The lowest BCUT2D eigenvalue weighted by molar-refractivity contribution is -0.385. The van der Waals surface area contributed by atoms with Crippen molar-refractivity contribution in [1.82, 2.24) is 0 Å². The molecule has 1 amide bonds. The SMILES string of the molecule is N#Cc1ccc([N+](=O)[O-])c(I)c1C(N)=O. The van der Waals surface area contributed by atoms with Crippen molar-refractivity contribution in [2.45, 2.75) is 0 Å². The summed E-state index contributed by atoms with van der Waals surface area (Å²) in [5, 5.41) is 19.3. The Labute approximate surface area is 98.0 Å². The summed E-state index contributed by atoms with van der Waals surface area (Å²) >= 11 is 1.63. The number of nitrogens with two attached hydrogens (primary N) is 1. The van der Waals surface area contributed by atoms with Crippen LogP contribution in [0, 0.1) is 25.0 Å². The van der Waals surface area contributed by atoms with E-state index in [-0.39, 0.29) is 20.4 Å². The Balaban J connectivity index is 3.58. The molecule has 0 radical (unpaired) electrons. The topological polar surface area (TPSA) is 110 Å². The predicted molar refractivity (Wildman–Crippen MR) is 59.0 cm³/mol. The molecule has 0 aliphatic rings. The van der Waals surface area contributed by atoms with E-state index in [1.165, 1.54) is 12.1 Å². The summed E-state index contributed by atoms with van der Waals surface area (Å²) in [6.07, 6.45) is 0. The Morgan fingerprint density at radius 1 is 1.60 bits per heavy atom. The van der Waals surface area contributed by atoms with Crippen LogP contribution in [0.25, 0.3) is 0 Å². The number of nitrogens with zero attached hydrogens (tertiary/aromatic N) is 2. The van der Waals surface area contributed by atoms with E-state index in [1.807, 2.05) is 0 Å². The van der Waals surface area contributed by atoms with E-state index in [9.17, 15) is 14.9 Å². The third kappa shape index (κ3) is 2.04. The lowest BCUT2D eigenvalue weighted by Gasteiger charge is -2.02. The Hall–Kier alpha value is -1.69. The number of halogens is 1. The minimum Gasteiger partial charge on any atom is -0.366 e. The van der Waals surface area contributed by atoms with E-state index < -0.39 is 10.8 Å². The average molecular weight is 317 g/mol. The van der Waals surface area contributed by atoms with Gasteiger partial charge in [-0.1, -0.05) is 0 Å². The van der Waals surface area contributed by atoms with E-state index in [1.54, 1.807) is 28.7 Å². The summed E-state index contributed by atoms with van der Waals surface area (Å²) in [7, 11) is 0. The highest BCUT2D eigenvalue weighted by atomic mass is 127. The molecular weight excluding hydrogens is 313 g/mol. The molecule has 1 aromatic rings. The number of primary amides is 1. The predicted octanol–water partition coefficient (Wildman–Crippen LogP) is 1.17. The first kappa shape index (κ1) is 11.4. The molecule has 1 rings (SSSR count). The first-order valence-electron chi connectivity index (χ1n) is 3.65. The zero-order valence-corrected chi connectivity index (χ0v) is 9.39. The highest BCUT2D eigenvalue weighted by Crippen LogP contribution is 2.26. The molecule has 0 heterocycles. The van der Waals surface area contributed by atoms with Crippen molar-refractivity contribution in [3.05, 3.63) is 36.9 Å². The fraction of sp³-hybridized carbons (Fsp3) is 0. The average Bonchev–Trinajstić information content (AvgIpc) is 2.15. The number of nitriles is 1. The Morgan fingerprint density at radius 2 is 2.20 bits per heavy atom. The number of carbonyl (C=O) groups excluding carboxylic acids is 1. The van der Waals surface area contributed by atoms with Gasteiger partial charge in [0.05, 0.1) is 16.1 Å². The van der Waals surface area contributed by atoms with Gasteiger partial charge < -0.3 is 5.73 Å². The Kier molecular flexibility index (Phi) is 3.21. The maximum absolute atomic E-state index is 11.0. The molecule has 15 heavy (non-hydrogen) atoms. The molecule has 7 heteroatoms. The maximum Gasteiger partial charge on any atom is 0.283 e. The molecule has 0 fully saturated rings. The standard InChI is InChI=1S/C8H4IN3O3/c9-7-5(12(14)15)2-1-4(3-10)6(7)8(11)13/h1-2H,(H2,11,13). The number of benzene rings is 1. The highest BCUT2D eigenvalue weighted by molar-refractivity contribution is 14.1. The van der Waals surface area contributed by atoms with Crippen LogP contribution >= 0.6 is 22.6 Å². The summed E-state index contributed by atoms with van der Waals surface area (Å²) in [6, 6.07) is 4.14. The first-order valence-corrected chi connectivity index (χ1v) is 4.73. The third-order valence-corrected chi connectivity index (χ3v) is 2.78. The molecule has 2 N–H and O–H groups in total. The van der Waals surface area contributed by atoms with Crippen molar-refractivity contribution in [2.24, 2.45) is 5.73 Å². The molecule has 0 spiro atoms. The quantitative estimate of drug-likeness (QED) is 0.501. The molecule has 0 saturated heterocycles.